The molecule has 0 unspecified atom stereocenters. The minimum absolute atomic E-state index is 0.00720. The van der Waals surface area contributed by atoms with Crippen LogP contribution in [0.1, 0.15) is 30.9 Å². The number of nitrogens with one attached hydrogen (secondary N) is 1. The molecule has 0 fully saturated rings. The number of benzene rings is 1. The zero-order valence-electron chi connectivity index (χ0n) is 11.2. The maximum atomic E-state index is 11.7. The maximum Gasteiger partial charge on any atom is 0.226 e. The summed E-state index contributed by atoms with van der Waals surface area (Å²) in [4.78, 5) is 11.7. The fourth-order valence-corrected chi connectivity index (χ4v) is 1.88. The molecule has 3 nitrogen and oxygen atoms in total. The lowest BCUT2D eigenvalue weighted by Gasteiger charge is -2.09. The van der Waals surface area contributed by atoms with E-state index in [0.29, 0.717) is 19.6 Å². The molecule has 1 rings (SSSR count). The van der Waals surface area contributed by atoms with E-state index in [4.69, 9.17) is 4.74 Å². The molecule has 0 aliphatic heterocycles. The molecule has 0 aliphatic carbocycles. The highest BCUT2D eigenvalue weighted by Crippen LogP contribution is 2.24. The molecule has 100 valence electrons. The van der Waals surface area contributed by atoms with E-state index in [1.807, 2.05) is 32.9 Å². The van der Waals surface area contributed by atoms with Crippen LogP contribution >= 0.6 is 15.9 Å². The van der Waals surface area contributed by atoms with E-state index in [1.54, 1.807) is 0 Å². The molecule has 4 heteroatoms. The molecule has 0 atom stereocenters. The van der Waals surface area contributed by atoms with Crippen molar-refractivity contribution in [1.82, 2.24) is 0 Å². The highest BCUT2D eigenvalue weighted by Gasteiger charge is 2.06. The number of carbonyl (C=O) groups is 1. The van der Waals surface area contributed by atoms with Crippen LogP contribution in [0.4, 0.5) is 5.69 Å². The van der Waals surface area contributed by atoms with Crippen LogP contribution in [0, 0.1) is 13.8 Å². The lowest BCUT2D eigenvalue weighted by molar-refractivity contribution is -0.117. The number of rotatable bonds is 6. The van der Waals surface area contributed by atoms with Gasteiger partial charge in [0.2, 0.25) is 5.91 Å². The summed E-state index contributed by atoms with van der Waals surface area (Å²) in [5.41, 5.74) is 3.08. The average Bonchev–Trinajstić information content (AvgIpc) is 2.31. The van der Waals surface area contributed by atoms with Crippen LogP contribution in [0.25, 0.3) is 0 Å². The molecule has 0 heterocycles. The van der Waals surface area contributed by atoms with Crippen LogP contribution in [0.15, 0.2) is 16.6 Å². The average molecular weight is 314 g/mol. The molecule has 0 bridgehead atoms. The van der Waals surface area contributed by atoms with Crippen molar-refractivity contribution in [2.24, 2.45) is 0 Å². The van der Waals surface area contributed by atoms with Crippen molar-refractivity contribution in [2.75, 3.05) is 18.5 Å². The minimum Gasteiger partial charge on any atom is -0.381 e. The van der Waals surface area contributed by atoms with Gasteiger partial charge in [-0.05, 0) is 43.5 Å². The van der Waals surface area contributed by atoms with Gasteiger partial charge in [-0.25, -0.2) is 0 Å². The van der Waals surface area contributed by atoms with Gasteiger partial charge in [0.25, 0.3) is 0 Å². The Morgan fingerprint density at radius 3 is 2.44 bits per heavy atom. The van der Waals surface area contributed by atoms with Crippen LogP contribution in [-0.2, 0) is 9.53 Å². The van der Waals surface area contributed by atoms with Gasteiger partial charge < -0.3 is 10.1 Å². The Hall–Kier alpha value is -0.870. The molecule has 1 amide bonds. The molecule has 0 saturated heterocycles. The second-order valence-electron chi connectivity index (χ2n) is 4.33. The number of amides is 1. The van der Waals surface area contributed by atoms with Gasteiger partial charge in [-0.1, -0.05) is 22.9 Å². The van der Waals surface area contributed by atoms with Gasteiger partial charge in [-0.3, -0.25) is 4.79 Å². The van der Waals surface area contributed by atoms with Gasteiger partial charge in [-0.15, -0.1) is 0 Å². The number of halogens is 1. The molecular weight excluding hydrogens is 294 g/mol. The van der Waals surface area contributed by atoms with Crippen molar-refractivity contribution in [2.45, 2.75) is 33.6 Å². The zero-order chi connectivity index (χ0) is 13.5. The Morgan fingerprint density at radius 2 is 1.89 bits per heavy atom. The summed E-state index contributed by atoms with van der Waals surface area (Å²) in [6, 6.07) is 3.92. The number of carbonyl (C=O) groups excluding carboxylic acids is 1. The normalized spacial score (nSPS) is 10.4. The van der Waals surface area contributed by atoms with Crippen LogP contribution in [0.2, 0.25) is 0 Å². The van der Waals surface area contributed by atoms with Gasteiger partial charge >= 0.3 is 0 Å². The topological polar surface area (TPSA) is 38.3 Å². The van der Waals surface area contributed by atoms with E-state index in [0.717, 1.165) is 27.7 Å². The first-order chi connectivity index (χ1) is 8.54. The Labute approximate surface area is 117 Å². The van der Waals surface area contributed by atoms with Gasteiger partial charge in [0.15, 0.2) is 0 Å². The summed E-state index contributed by atoms with van der Waals surface area (Å²) in [6.45, 7) is 7.26. The highest BCUT2D eigenvalue weighted by atomic mass is 79.9. The molecule has 0 aliphatic rings. The molecular formula is C14H20BrNO2. The van der Waals surface area contributed by atoms with Crippen LogP contribution < -0.4 is 5.32 Å². The van der Waals surface area contributed by atoms with E-state index in [-0.39, 0.29) is 5.91 Å². The fraction of sp³-hybridized carbons (Fsp3) is 0.500. The molecule has 1 aromatic carbocycles. The van der Waals surface area contributed by atoms with Crippen LogP contribution in [0.3, 0.4) is 0 Å². The summed E-state index contributed by atoms with van der Waals surface area (Å²) in [5, 5.41) is 2.89. The zero-order valence-corrected chi connectivity index (χ0v) is 12.8. The molecule has 18 heavy (non-hydrogen) atoms. The van der Waals surface area contributed by atoms with Crippen molar-refractivity contribution in [3.8, 4) is 0 Å². The number of anilines is 1. The van der Waals surface area contributed by atoms with Crippen LogP contribution in [0.5, 0.6) is 0 Å². The van der Waals surface area contributed by atoms with E-state index in [1.165, 1.54) is 0 Å². The predicted octanol–water partition coefficient (Wildman–Crippen LogP) is 3.82. The maximum absolute atomic E-state index is 11.7. The molecule has 0 aromatic heterocycles. The van der Waals surface area contributed by atoms with Gasteiger partial charge in [-0.2, -0.15) is 0 Å². The lowest BCUT2D eigenvalue weighted by Crippen LogP contribution is -2.14. The first-order valence-corrected chi connectivity index (χ1v) is 6.98. The smallest absolute Gasteiger partial charge is 0.226 e. The second kappa shape index (κ2) is 7.54. The van der Waals surface area contributed by atoms with E-state index in [2.05, 4.69) is 21.2 Å². The first-order valence-electron chi connectivity index (χ1n) is 6.19. The molecule has 0 spiro atoms. The number of hydrogen-bond acceptors (Lipinski definition) is 2. The van der Waals surface area contributed by atoms with Gasteiger partial charge in [0.1, 0.15) is 0 Å². The Balaban J connectivity index is 2.49. The third-order valence-corrected chi connectivity index (χ3v) is 3.79. The molecule has 0 saturated carbocycles. The van der Waals surface area contributed by atoms with Crippen LogP contribution in [-0.4, -0.2) is 19.1 Å². The summed E-state index contributed by atoms with van der Waals surface area (Å²) < 4.78 is 6.38. The molecule has 1 N–H and O–H groups in total. The molecule has 0 radical (unpaired) electrons. The van der Waals surface area contributed by atoms with Crippen molar-refractivity contribution in [3.05, 3.63) is 27.7 Å². The first kappa shape index (κ1) is 15.2. The number of hydrogen-bond donors (Lipinski definition) is 1. The minimum atomic E-state index is -0.00720. The monoisotopic (exact) mass is 313 g/mol. The van der Waals surface area contributed by atoms with E-state index >= 15 is 0 Å². The number of aryl methyl sites for hydroxylation is 2. The largest absolute Gasteiger partial charge is 0.381 e. The fourth-order valence-electron chi connectivity index (χ4n) is 1.65. The van der Waals surface area contributed by atoms with E-state index < -0.39 is 0 Å². The lowest BCUT2D eigenvalue weighted by atomic mass is 10.1. The summed E-state index contributed by atoms with van der Waals surface area (Å²) in [5.74, 6) is -0.00720. The Bertz CT molecular complexity index is 395. The third-order valence-electron chi connectivity index (χ3n) is 2.54. The predicted molar refractivity (Wildman–Crippen MR) is 78.0 cm³/mol. The number of ether oxygens (including phenoxy) is 1. The highest BCUT2D eigenvalue weighted by molar-refractivity contribution is 9.10. The Morgan fingerprint density at radius 1 is 1.28 bits per heavy atom. The van der Waals surface area contributed by atoms with E-state index in [9.17, 15) is 4.79 Å². The quantitative estimate of drug-likeness (QED) is 0.811. The van der Waals surface area contributed by atoms with Gasteiger partial charge in [0, 0.05) is 16.8 Å². The standard InChI is InChI=1S/C14H20BrNO2/c1-4-6-18-7-5-13(17)16-12-8-10(2)14(15)11(3)9-12/h8-9H,4-7H2,1-3H3,(H,16,17). The van der Waals surface area contributed by atoms with Crippen molar-refractivity contribution < 1.29 is 9.53 Å². The second-order valence-corrected chi connectivity index (χ2v) is 5.13. The third kappa shape index (κ3) is 4.78. The van der Waals surface area contributed by atoms with Crippen molar-refractivity contribution in [3.63, 3.8) is 0 Å². The SMILES string of the molecule is CCCOCCC(=O)Nc1cc(C)c(Br)c(C)c1. The Kier molecular flexibility index (Phi) is 6.36. The molecule has 1 aromatic rings. The van der Waals surface area contributed by atoms with Gasteiger partial charge in [0.05, 0.1) is 13.0 Å². The summed E-state index contributed by atoms with van der Waals surface area (Å²) in [7, 11) is 0. The summed E-state index contributed by atoms with van der Waals surface area (Å²) in [6.07, 6.45) is 1.38. The summed E-state index contributed by atoms with van der Waals surface area (Å²) >= 11 is 3.51. The van der Waals surface area contributed by atoms with Crippen molar-refractivity contribution in [1.29, 1.82) is 0 Å². The van der Waals surface area contributed by atoms with Crippen molar-refractivity contribution >= 4 is 27.5 Å².